The van der Waals surface area contributed by atoms with E-state index in [0.717, 1.165) is 5.52 Å². The lowest BCUT2D eigenvalue weighted by Gasteiger charge is -1.98. The van der Waals surface area contributed by atoms with Crippen LogP contribution in [0.1, 0.15) is 12.5 Å². The van der Waals surface area contributed by atoms with Gasteiger partial charge in [-0.15, -0.1) is 5.10 Å². The minimum Gasteiger partial charge on any atom is -0.245 e. The average Bonchev–Trinajstić information content (AvgIpc) is 2.58. The molecule has 0 unspecified atom stereocenters. The number of nitrogens with zero attached hydrogens (tertiary/aromatic N) is 3. The van der Waals surface area contributed by atoms with Crippen LogP contribution in [0.15, 0.2) is 18.7 Å². The van der Waals surface area contributed by atoms with Gasteiger partial charge in [-0.3, -0.25) is 0 Å². The lowest BCUT2D eigenvalue weighted by Crippen LogP contribution is -1.96. The van der Waals surface area contributed by atoms with E-state index in [0.29, 0.717) is 17.6 Å². The van der Waals surface area contributed by atoms with E-state index >= 15 is 0 Å². The molecule has 3 nitrogen and oxygen atoms in total. The van der Waals surface area contributed by atoms with Gasteiger partial charge in [0.05, 0.1) is 5.52 Å². The van der Waals surface area contributed by atoms with Crippen LogP contribution in [-0.4, -0.2) is 15.0 Å². The van der Waals surface area contributed by atoms with Gasteiger partial charge in [-0.2, -0.15) is 0 Å². The van der Waals surface area contributed by atoms with E-state index in [2.05, 4.69) is 16.9 Å². The van der Waals surface area contributed by atoms with Crippen LogP contribution in [0.2, 0.25) is 0 Å². The highest BCUT2D eigenvalue weighted by molar-refractivity contribution is 5.77. The van der Waals surface area contributed by atoms with Gasteiger partial charge in [-0.1, -0.05) is 17.9 Å². The summed E-state index contributed by atoms with van der Waals surface area (Å²) in [5, 5.41) is 7.83. The Morgan fingerprint density at radius 2 is 2.36 bits per heavy atom. The van der Waals surface area contributed by atoms with Crippen LogP contribution in [0.25, 0.3) is 17.1 Å². The molecule has 0 atom stereocenters. The van der Waals surface area contributed by atoms with Crippen LogP contribution >= 0.6 is 0 Å². The normalized spacial score (nSPS) is 10.7. The molecule has 0 fully saturated rings. The van der Waals surface area contributed by atoms with Crippen molar-refractivity contribution in [2.75, 3.05) is 0 Å². The van der Waals surface area contributed by atoms with Crippen molar-refractivity contribution >= 4 is 17.1 Å². The predicted octanol–water partition coefficient (Wildman–Crippen LogP) is 2.23. The van der Waals surface area contributed by atoms with Crippen LogP contribution in [-0.2, 0) is 6.54 Å². The first-order valence-electron chi connectivity index (χ1n) is 4.41. The molecule has 2 rings (SSSR count). The van der Waals surface area contributed by atoms with Crippen LogP contribution < -0.4 is 0 Å². The molecule has 14 heavy (non-hydrogen) atoms. The fraction of sp³-hybridized carbons (Fsp3) is 0.200. The topological polar surface area (TPSA) is 30.7 Å². The number of hydrogen-bond donors (Lipinski definition) is 0. The Hall–Kier alpha value is -1.71. The van der Waals surface area contributed by atoms with Crippen molar-refractivity contribution in [2.45, 2.75) is 13.5 Å². The summed E-state index contributed by atoms with van der Waals surface area (Å²) < 4.78 is 15.0. The molecule has 0 saturated carbocycles. The SMILES string of the molecule is C=Cc1cc2nnn(CC)c2cc1F. The number of aromatic nitrogens is 3. The molecule has 0 N–H and O–H groups in total. The van der Waals surface area contributed by atoms with Gasteiger partial charge in [0, 0.05) is 18.2 Å². The molecule has 0 radical (unpaired) electrons. The third-order valence-corrected chi connectivity index (χ3v) is 2.15. The predicted molar refractivity (Wildman–Crippen MR) is 53.3 cm³/mol. The molecule has 0 amide bonds. The first-order chi connectivity index (χ1) is 6.76. The largest absolute Gasteiger partial charge is 0.245 e. The minimum absolute atomic E-state index is 0.287. The molecule has 1 aromatic heterocycles. The summed E-state index contributed by atoms with van der Waals surface area (Å²) >= 11 is 0. The Kier molecular flexibility index (Phi) is 2.04. The summed E-state index contributed by atoms with van der Waals surface area (Å²) in [6.07, 6.45) is 1.47. The highest BCUT2D eigenvalue weighted by Crippen LogP contribution is 2.17. The Balaban J connectivity index is 2.75. The quantitative estimate of drug-likeness (QED) is 0.728. The number of aryl methyl sites for hydroxylation is 1. The highest BCUT2D eigenvalue weighted by atomic mass is 19.1. The van der Waals surface area contributed by atoms with Gasteiger partial charge in [0.25, 0.3) is 0 Å². The number of benzene rings is 1. The van der Waals surface area contributed by atoms with E-state index in [9.17, 15) is 4.39 Å². The summed E-state index contributed by atoms with van der Waals surface area (Å²) in [4.78, 5) is 0. The molecular formula is C10H10FN3. The summed E-state index contributed by atoms with van der Waals surface area (Å²) in [5.41, 5.74) is 1.87. The second kappa shape index (κ2) is 3.21. The summed E-state index contributed by atoms with van der Waals surface area (Å²) in [5.74, 6) is -0.287. The molecule has 1 heterocycles. The first kappa shape index (κ1) is 8.87. The molecule has 1 aromatic carbocycles. The Bertz CT molecular complexity index is 487. The zero-order valence-corrected chi connectivity index (χ0v) is 7.87. The van der Waals surface area contributed by atoms with Crippen molar-refractivity contribution < 1.29 is 4.39 Å². The summed E-state index contributed by atoms with van der Waals surface area (Å²) in [6.45, 7) is 6.15. The highest BCUT2D eigenvalue weighted by Gasteiger charge is 2.07. The van der Waals surface area contributed by atoms with Crippen LogP contribution in [0.4, 0.5) is 4.39 Å². The second-order valence-corrected chi connectivity index (χ2v) is 2.97. The third-order valence-electron chi connectivity index (χ3n) is 2.15. The van der Waals surface area contributed by atoms with Gasteiger partial charge in [0.2, 0.25) is 0 Å². The zero-order valence-electron chi connectivity index (χ0n) is 7.87. The average molecular weight is 191 g/mol. The lowest BCUT2D eigenvalue weighted by molar-refractivity contribution is 0.620. The third kappa shape index (κ3) is 1.19. The molecule has 0 aliphatic rings. The molecule has 0 bridgehead atoms. The smallest absolute Gasteiger partial charge is 0.132 e. The minimum atomic E-state index is -0.287. The van der Waals surface area contributed by atoms with Crippen LogP contribution in [0.5, 0.6) is 0 Å². The van der Waals surface area contributed by atoms with Crippen molar-refractivity contribution in [3.05, 3.63) is 30.1 Å². The van der Waals surface area contributed by atoms with Gasteiger partial charge in [0.1, 0.15) is 11.3 Å². The Labute approximate surface area is 80.8 Å². The van der Waals surface area contributed by atoms with Crippen molar-refractivity contribution in [1.82, 2.24) is 15.0 Å². The number of rotatable bonds is 2. The first-order valence-corrected chi connectivity index (χ1v) is 4.41. The lowest BCUT2D eigenvalue weighted by atomic mass is 10.2. The molecule has 0 aliphatic carbocycles. The van der Waals surface area contributed by atoms with E-state index in [4.69, 9.17) is 0 Å². The van der Waals surface area contributed by atoms with Crippen LogP contribution in [0.3, 0.4) is 0 Å². The van der Waals surface area contributed by atoms with E-state index in [1.807, 2.05) is 6.92 Å². The van der Waals surface area contributed by atoms with Crippen LogP contribution in [0, 0.1) is 5.82 Å². The molecule has 0 saturated heterocycles. The van der Waals surface area contributed by atoms with Crippen molar-refractivity contribution in [2.24, 2.45) is 0 Å². The maximum atomic E-state index is 13.4. The van der Waals surface area contributed by atoms with Crippen molar-refractivity contribution in [1.29, 1.82) is 0 Å². The van der Waals surface area contributed by atoms with Crippen molar-refractivity contribution in [3.63, 3.8) is 0 Å². The molecule has 0 spiro atoms. The fourth-order valence-corrected chi connectivity index (χ4v) is 1.39. The van der Waals surface area contributed by atoms with E-state index in [-0.39, 0.29) is 5.82 Å². The molecule has 72 valence electrons. The zero-order chi connectivity index (χ0) is 10.1. The molecule has 0 aliphatic heterocycles. The second-order valence-electron chi connectivity index (χ2n) is 2.97. The van der Waals surface area contributed by atoms with E-state index < -0.39 is 0 Å². The van der Waals surface area contributed by atoms with Crippen molar-refractivity contribution in [3.8, 4) is 0 Å². The standard InChI is InChI=1S/C10H10FN3/c1-3-7-5-9-10(6-8(7)11)14(4-2)13-12-9/h3,5-6H,1,4H2,2H3. The molecular weight excluding hydrogens is 181 g/mol. The van der Waals surface area contributed by atoms with E-state index in [1.165, 1.54) is 12.1 Å². The Morgan fingerprint density at radius 3 is 3.00 bits per heavy atom. The number of halogens is 1. The monoisotopic (exact) mass is 191 g/mol. The number of hydrogen-bond acceptors (Lipinski definition) is 2. The molecule has 4 heteroatoms. The van der Waals surface area contributed by atoms with E-state index in [1.54, 1.807) is 10.7 Å². The van der Waals surface area contributed by atoms with Gasteiger partial charge < -0.3 is 0 Å². The maximum Gasteiger partial charge on any atom is 0.132 e. The summed E-state index contributed by atoms with van der Waals surface area (Å²) in [6, 6.07) is 3.09. The Morgan fingerprint density at radius 1 is 1.57 bits per heavy atom. The van der Waals surface area contributed by atoms with Gasteiger partial charge in [-0.25, -0.2) is 9.07 Å². The van der Waals surface area contributed by atoms with Gasteiger partial charge in [-0.05, 0) is 13.0 Å². The maximum absolute atomic E-state index is 13.4. The molecule has 2 aromatic rings. The number of fused-ring (bicyclic) bond motifs is 1. The fourth-order valence-electron chi connectivity index (χ4n) is 1.39. The summed E-state index contributed by atoms with van der Waals surface area (Å²) in [7, 11) is 0. The van der Waals surface area contributed by atoms with Gasteiger partial charge in [0.15, 0.2) is 0 Å². The van der Waals surface area contributed by atoms with Gasteiger partial charge >= 0.3 is 0 Å².